The summed E-state index contributed by atoms with van der Waals surface area (Å²) in [7, 11) is 0. The summed E-state index contributed by atoms with van der Waals surface area (Å²) < 4.78 is 14.0. The van der Waals surface area contributed by atoms with Gasteiger partial charge < -0.3 is 0 Å². The van der Waals surface area contributed by atoms with Gasteiger partial charge in [0.25, 0.3) is 0 Å². The zero-order valence-corrected chi connectivity index (χ0v) is 15.9. The SMILES string of the molecule is CCC(CCC(C)C)C1CCC(c2ccc(C)c(F)c2Cl)CC1. The Hall–Kier alpha value is -0.560. The Balaban J connectivity index is 1.97. The maximum atomic E-state index is 14.0. The van der Waals surface area contributed by atoms with Gasteiger partial charge in [0.15, 0.2) is 0 Å². The van der Waals surface area contributed by atoms with Gasteiger partial charge in [-0.2, -0.15) is 0 Å². The fraction of sp³-hybridized carbons (Fsp3) is 0.714. The molecular formula is C21H32ClF. The zero-order valence-electron chi connectivity index (χ0n) is 15.2. The van der Waals surface area contributed by atoms with E-state index in [0.29, 0.717) is 16.5 Å². The first-order chi connectivity index (χ1) is 10.9. The van der Waals surface area contributed by atoms with Crippen molar-refractivity contribution >= 4 is 11.6 Å². The Morgan fingerprint density at radius 3 is 2.35 bits per heavy atom. The van der Waals surface area contributed by atoms with Crippen LogP contribution in [0, 0.1) is 30.5 Å². The van der Waals surface area contributed by atoms with Crippen molar-refractivity contribution in [3.63, 3.8) is 0 Å². The van der Waals surface area contributed by atoms with Gasteiger partial charge in [-0.25, -0.2) is 4.39 Å². The highest BCUT2D eigenvalue weighted by molar-refractivity contribution is 6.31. The summed E-state index contributed by atoms with van der Waals surface area (Å²) in [4.78, 5) is 0. The second kappa shape index (κ2) is 8.51. The van der Waals surface area contributed by atoms with Crippen molar-refractivity contribution in [1.82, 2.24) is 0 Å². The fourth-order valence-electron chi connectivity index (χ4n) is 4.20. The van der Waals surface area contributed by atoms with Gasteiger partial charge in [-0.15, -0.1) is 0 Å². The lowest BCUT2D eigenvalue weighted by atomic mass is 9.71. The van der Waals surface area contributed by atoms with E-state index < -0.39 is 0 Å². The van der Waals surface area contributed by atoms with Gasteiger partial charge in [0, 0.05) is 0 Å². The molecule has 0 aromatic heterocycles. The Bertz CT molecular complexity index is 501. The predicted octanol–water partition coefficient (Wildman–Crippen LogP) is 7.52. The third-order valence-corrected chi connectivity index (χ3v) is 6.21. The third kappa shape index (κ3) is 4.72. The second-order valence-corrected chi connectivity index (χ2v) is 8.23. The van der Waals surface area contributed by atoms with E-state index in [-0.39, 0.29) is 5.82 Å². The Morgan fingerprint density at radius 1 is 1.13 bits per heavy atom. The molecule has 1 aromatic rings. The number of hydrogen-bond donors (Lipinski definition) is 0. The largest absolute Gasteiger partial charge is 0.205 e. The topological polar surface area (TPSA) is 0 Å². The zero-order chi connectivity index (χ0) is 17.0. The highest BCUT2D eigenvalue weighted by atomic mass is 35.5. The van der Waals surface area contributed by atoms with Crippen LogP contribution in [0.15, 0.2) is 12.1 Å². The number of rotatable bonds is 6. The smallest absolute Gasteiger partial charge is 0.144 e. The first kappa shape index (κ1) is 18.8. The lowest BCUT2D eigenvalue weighted by Crippen LogP contribution is -2.21. The van der Waals surface area contributed by atoms with Crippen LogP contribution in [0.3, 0.4) is 0 Å². The van der Waals surface area contributed by atoms with Crippen molar-refractivity contribution in [3.05, 3.63) is 34.1 Å². The fourth-order valence-corrected chi connectivity index (χ4v) is 4.56. The number of aryl methyl sites for hydroxylation is 1. The summed E-state index contributed by atoms with van der Waals surface area (Å²) in [6.07, 6.45) is 8.86. The summed E-state index contributed by atoms with van der Waals surface area (Å²) in [5.41, 5.74) is 1.68. The molecular weight excluding hydrogens is 307 g/mol. The van der Waals surface area contributed by atoms with Crippen LogP contribution in [0.5, 0.6) is 0 Å². The molecule has 0 heterocycles. The lowest BCUT2D eigenvalue weighted by Gasteiger charge is -2.34. The van der Waals surface area contributed by atoms with Crippen molar-refractivity contribution in [1.29, 1.82) is 0 Å². The molecule has 0 nitrogen and oxygen atoms in total. The van der Waals surface area contributed by atoms with E-state index in [0.717, 1.165) is 36.2 Å². The summed E-state index contributed by atoms with van der Waals surface area (Å²) in [6.45, 7) is 8.75. The molecule has 1 aliphatic rings. The predicted molar refractivity (Wildman–Crippen MR) is 98.7 cm³/mol. The lowest BCUT2D eigenvalue weighted by molar-refractivity contribution is 0.208. The summed E-state index contributed by atoms with van der Waals surface area (Å²) in [5.74, 6) is 2.73. The minimum atomic E-state index is -0.227. The standard InChI is InChI=1S/C21H32ClF/c1-5-16(8-6-14(2)3)17-9-11-18(12-10-17)19-13-7-15(4)21(23)20(19)22/h7,13-14,16-18H,5-6,8-12H2,1-4H3. The van der Waals surface area contributed by atoms with E-state index >= 15 is 0 Å². The molecule has 1 saturated carbocycles. The van der Waals surface area contributed by atoms with Crippen LogP contribution in [-0.4, -0.2) is 0 Å². The monoisotopic (exact) mass is 338 g/mol. The maximum Gasteiger partial charge on any atom is 0.144 e. The van der Waals surface area contributed by atoms with Crippen LogP contribution < -0.4 is 0 Å². The van der Waals surface area contributed by atoms with Crippen LogP contribution in [-0.2, 0) is 0 Å². The van der Waals surface area contributed by atoms with Crippen LogP contribution in [0.4, 0.5) is 4.39 Å². The van der Waals surface area contributed by atoms with Gasteiger partial charge in [0.1, 0.15) is 5.82 Å². The quantitative estimate of drug-likeness (QED) is 0.503. The van der Waals surface area contributed by atoms with Gasteiger partial charge in [-0.1, -0.05) is 57.3 Å². The molecule has 0 bridgehead atoms. The molecule has 1 aliphatic carbocycles. The van der Waals surface area contributed by atoms with Gasteiger partial charge in [0.05, 0.1) is 5.02 Å². The molecule has 2 heteroatoms. The number of benzene rings is 1. The molecule has 0 aliphatic heterocycles. The minimum Gasteiger partial charge on any atom is -0.205 e. The first-order valence-corrected chi connectivity index (χ1v) is 9.76. The van der Waals surface area contributed by atoms with Gasteiger partial charge in [-0.05, 0) is 73.8 Å². The molecule has 0 amide bonds. The van der Waals surface area contributed by atoms with E-state index in [1.165, 1.54) is 32.1 Å². The number of hydrogen-bond acceptors (Lipinski definition) is 0. The Labute approximate surface area is 146 Å². The second-order valence-electron chi connectivity index (χ2n) is 7.85. The van der Waals surface area contributed by atoms with Crippen molar-refractivity contribution < 1.29 is 4.39 Å². The summed E-state index contributed by atoms with van der Waals surface area (Å²) >= 11 is 6.27. The van der Waals surface area contributed by atoms with E-state index in [4.69, 9.17) is 11.6 Å². The normalized spacial score (nSPS) is 23.3. The molecule has 1 unspecified atom stereocenters. The molecule has 0 radical (unpaired) electrons. The molecule has 0 spiro atoms. The third-order valence-electron chi connectivity index (χ3n) is 5.82. The molecule has 0 N–H and O–H groups in total. The molecule has 1 atom stereocenters. The van der Waals surface area contributed by atoms with Crippen LogP contribution in [0.2, 0.25) is 5.02 Å². The highest BCUT2D eigenvalue weighted by Gasteiger charge is 2.28. The molecule has 130 valence electrons. The average molecular weight is 339 g/mol. The van der Waals surface area contributed by atoms with Crippen molar-refractivity contribution in [2.75, 3.05) is 0 Å². The van der Waals surface area contributed by atoms with Crippen LogP contribution >= 0.6 is 11.6 Å². The van der Waals surface area contributed by atoms with Crippen LogP contribution in [0.25, 0.3) is 0 Å². The summed E-state index contributed by atoms with van der Waals surface area (Å²) in [5, 5.41) is 0.361. The minimum absolute atomic E-state index is 0.227. The highest BCUT2D eigenvalue weighted by Crippen LogP contribution is 2.43. The van der Waals surface area contributed by atoms with E-state index in [2.05, 4.69) is 20.8 Å². The molecule has 2 rings (SSSR count). The maximum absolute atomic E-state index is 14.0. The summed E-state index contributed by atoms with van der Waals surface area (Å²) in [6, 6.07) is 3.92. The van der Waals surface area contributed by atoms with Gasteiger partial charge >= 0.3 is 0 Å². The van der Waals surface area contributed by atoms with E-state index in [9.17, 15) is 4.39 Å². The van der Waals surface area contributed by atoms with Crippen molar-refractivity contribution in [3.8, 4) is 0 Å². The molecule has 23 heavy (non-hydrogen) atoms. The van der Waals surface area contributed by atoms with E-state index in [1.54, 1.807) is 6.92 Å². The van der Waals surface area contributed by atoms with Crippen molar-refractivity contribution in [2.45, 2.75) is 78.6 Å². The Kier molecular flexibility index (Phi) is 6.95. The van der Waals surface area contributed by atoms with Crippen molar-refractivity contribution in [2.24, 2.45) is 17.8 Å². The van der Waals surface area contributed by atoms with Crippen LogP contribution in [0.1, 0.15) is 82.8 Å². The van der Waals surface area contributed by atoms with E-state index in [1.807, 2.05) is 12.1 Å². The molecule has 1 fully saturated rings. The Morgan fingerprint density at radius 2 is 1.78 bits per heavy atom. The van der Waals surface area contributed by atoms with Gasteiger partial charge in [-0.3, -0.25) is 0 Å². The molecule has 0 saturated heterocycles. The van der Waals surface area contributed by atoms with Gasteiger partial charge in [0.2, 0.25) is 0 Å². The average Bonchev–Trinajstić information content (AvgIpc) is 2.54. The first-order valence-electron chi connectivity index (χ1n) is 9.38. The molecule has 1 aromatic carbocycles. The number of halogens is 2.